The molecule has 2 aromatic heterocycles. The van der Waals surface area contributed by atoms with Crippen LogP contribution in [0.3, 0.4) is 0 Å². The van der Waals surface area contributed by atoms with Gasteiger partial charge in [0.1, 0.15) is 5.69 Å². The van der Waals surface area contributed by atoms with Crippen molar-refractivity contribution in [2.45, 2.75) is 0 Å². The zero-order valence-electron chi connectivity index (χ0n) is 6.48. The second kappa shape index (κ2) is 2.94. The van der Waals surface area contributed by atoms with Crippen molar-refractivity contribution in [1.29, 1.82) is 0 Å². The summed E-state index contributed by atoms with van der Waals surface area (Å²) < 4.78 is 0.209. The summed E-state index contributed by atoms with van der Waals surface area (Å²) in [6.07, 6.45) is 1.62. The van der Waals surface area contributed by atoms with Gasteiger partial charge in [0, 0.05) is 6.20 Å². The molecule has 7 heteroatoms. The van der Waals surface area contributed by atoms with Crippen molar-refractivity contribution < 1.29 is 0 Å². The maximum atomic E-state index is 5.46. The topological polar surface area (TPSA) is 96.3 Å². The van der Waals surface area contributed by atoms with Gasteiger partial charge >= 0.3 is 0 Å². The summed E-state index contributed by atoms with van der Waals surface area (Å²) in [4.78, 5) is 10.5. The molecule has 0 aliphatic heterocycles. The zero-order chi connectivity index (χ0) is 9.26. The zero-order valence-corrected chi connectivity index (χ0v) is 7.30. The molecule has 0 atom stereocenters. The molecule has 0 aliphatic rings. The van der Waals surface area contributed by atoms with Gasteiger partial charge in [0.25, 0.3) is 0 Å². The minimum atomic E-state index is 0.209. The third-order valence-electron chi connectivity index (χ3n) is 1.43. The quantitative estimate of drug-likeness (QED) is 0.574. The fourth-order valence-electron chi connectivity index (χ4n) is 0.916. The lowest BCUT2D eigenvalue weighted by molar-refractivity contribution is 1.02. The molecule has 2 heterocycles. The van der Waals surface area contributed by atoms with E-state index in [1.165, 1.54) is 0 Å². The van der Waals surface area contributed by atoms with E-state index < -0.39 is 0 Å². The van der Waals surface area contributed by atoms with Crippen molar-refractivity contribution in [2.24, 2.45) is 0 Å². The van der Waals surface area contributed by atoms with Gasteiger partial charge in [-0.15, -0.1) is 0 Å². The number of aromatic amines is 2. The fraction of sp³-hybridized carbons (Fsp3) is 0. The highest BCUT2D eigenvalue weighted by molar-refractivity contribution is 7.71. The molecule has 0 saturated heterocycles. The number of hydrogen-bond acceptors (Lipinski definition) is 5. The molecule has 2 rings (SSSR count). The van der Waals surface area contributed by atoms with Crippen LogP contribution >= 0.6 is 12.2 Å². The van der Waals surface area contributed by atoms with Crippen molar-refractivity contribution >= 4 is 18.2 Å². The minimum absolute atomic E-state index is 0.209. The minimum Gasteiger partial charge on any atom is -0.369 e. The number of nitrogen functional groups attached to an aromatic ring is 1. The molecule has 4 N–H and O–H groups in total. The van der Waals surface area contributed by atoms with Crippen LogP contribution in [0, 0.1) is 4.77 Å². The summed E-state index contributed by atoms with van der Waals surface area (Å²) in [6.45, 7) is 0. The van der Waals surface area contributed by atoms with Crippen molar-refractivity contribution in [3.8, 4) is 11.5 Å². The van der Waals surface area contributed by atoms with E-state index in [1.807, 2.05) is 0 Å². The summed E-state index contributed by atoms with van der Waals surface area (Å²) in [5.74, 6) is 0.777. The van der Waals surface area contributed by atoms with Gasteiger partial charge in [0.05, 0.1) is 0 Å². The van der Waals surface area contributed by atoms with Crippen LogP contribution in [0.2, 0.25) is 0 Å². The Balaban J connectivity index is 2.59. The predicted molar refractivity (Wildman–Crippen MR) is 49.2 cm³/mol. The summed E-state index contributed by atoms with van der Waals surface area (Å²) in [7, 11) is 0. The lowest BCUT2D eigenvalue weighted by atomic mass is 10.4. The van der Waals surface area contributed by atoms with E-state index in [2.05, 4.69) is 25.1 Å². The van der Waals surface area contributed by atoms with Gasteiger partial charge in [-0.1, -0.05) is 0 Å². The van der Waals surface area contributed by atoms with Crippen molar-refractivity contribution in [1.82, 2.24) is 25.1 Å². The average molecular weight is 194 g/mol. The van der Waals surface area contributed by atoms with Crippen LogP contribution in [0.25, 0.3) is 11.5 Å². The van der Waals surface area contributed by atoms with Gasteiger partial charge in [-0.3, -0.25) is 5.10 Å². The Morgan fingerprint density at radius 3 is 2.85 bits per heavy atom. The van der Waals surface area contributed by atoms with E-state index in [9.17, 15) is 0 Å². The van der Waals surface area contributed by atoms with Gasteiger partial charge in [-0.05, 0) is 18.3 Å². The monoisotopic (exact) mass is 194 g/mol. The molecule has 0 bridgehead atoms. The molecule has 0 aliphatic carbocycles. The Morgan fingerprint density at radius 2 is 2.23 bits per heavy atom. The Labute approximate surface area is 78.2 Å². The first-order chi connectivity index (χ1) is 6.25. The summed E-state index contributed by atoms with van der Waals surface area (Å²) in [5, 5.41) is 6.51. The van der Waals surface area contributed by atoms with E-state index in [4.69, 9.17) is 18.0 Å². The first-order valence-electron chi connectivity index (χ1n) is 3.49. The van der Waals surface area contributed by atoms with Crippen molar-refractivity contribution in [2.75, 3.05) is 5.73 Å². The van der Waals surface area contributed by atoms with Gasteiger partial charge < -0.3 is 10.7 Å². The number of hydrogen-bond donors (Lipinski definition) is 3. The molecule has 0 saturated carbocycles. The van der Waals surface area contributed by atoms with E-state index in [-0.39, 0.29) is 10.7 Å². The molecular weight excluding hydrogens is 188 g/mol. The third-order valence-corrected chi connectivity index (χ3v) is 1.61. The molecule has 0 amide bonds. The van der Waals surface area contributed by atoms with Crippen LogP contribution in [-0.2, 0) is 0 Å². The molecule has 66 valence electrons. The lowest BCUT2D eigenvalue weighted by Crippen LogP contribution is -1.99. The van der Waals surface area contributed by atoms with Crippen LogP contribution in [0.5, 0.6) is 0 Å². The summed E-state index contributed by atoms with van der Waals surface area (Å²) in [6, 6.07) is 1.76. The number of nitrogens with one attached hydrogen (secondary N) is 2. The number of nitrogens with two attached hydrogens (primary N) is 1. The van der Waals surface area contributed by atoms with Crippen LogP contribution in [0.15, 0.2) is 12.3 Å². The molecular formula is C6H6N6S. The number of nitrogens with zero attached hydrogens (tertiary/aromatic N) is 3. The molecule has 0 radical (unpaired) electrons. The van der Waals surface area contributed by atoms with Gasteiger partial charge in [0.15, 0.2) is 5.82 Å². The Hall–Kier alpha value is -1.76. The number of anilines is 1. The smallest absolute Gasteiger partial charge is 0.224 e. The largest absolute Gasteiger partial charge is 0.369 e. The highest BCUT2D eigenvalue weighted by atomic mass is 32.1. The standard InChI is InChI=1S/C6H6N6S/c7-5-9-4(10-6(13)11-5)3-1-2-8-12-3/h1-2H,(H,8,12)(H3,7,9,10,11,13). The second-order valence-electron chi connectivity index (χ2n) is 2.34. The lowest BCUT2D eigenvalue weighted by Gasteiger charge is -1.97. The Bertz CT molecular complexity index is 458. The van der Waals surface area contributed by atoms with Crippen LogP contribution in [-0.4, -0.2) is 25.1 Å². The van der Waals surface area contributed by atoms with Gasteiger partial charge in [-0.25, -0.2) is 0 Å². The third kappa shape index (κ3) is 1.54. The number of aromatic nitrogens is 5. The molecule has 0 unspecified atom stereocenters. The average Bonchev–Trinajstić information content (AvgIpc) is 2.53. The molecule has 0 spiro atoms. The predicted octanol–water partition coefficient (Wildman–Crippen LogP) is 0.506. The Kier molecular flexibility index (Phi) is 1.78. The molecule has 2 aromatic rings. The van der Waals surface area contributed by atoms with E-state index >= 15 is 0 Å². The van der Waals surface area contributed by atoms with E-state index in [0.29, 0.717) is 5.82 Å². The maximum absolute atomic E-state index is 5.46. The number of rotatable bonds is 1. The SMILES string of the molecule is Nc1nc(=S)nc(-c2ccn[nH]2)[nH]1. The van der Waals surface area contributed by atoms with Crippen LogP contribution < -0.4 is 5.73 Å². The maximum Gasteiger partial charge on any atom is 0.224 e. The van der Waals surface area contributed by atoms with Gasteiger partial charge in [-0.2, -0.15) is 15.1 Å². The summed E-state index contributed by atoms with van der Waals surface area (Å²) in [5.41, 5.74) is 6.18. The van der Waals surface area contributed by atoms with Crippen LogP contribution in [0.4, 0.5) is 5.95 Å². The highest BCUT2D eigenvalue weighted by Crippen LogP contribution is 2.09. The second-order valence-corrected chi connectivity index (χ2v) is 2.70. The molecule has 0 aromatic carbocycles. The molecule has 0 fully saturated rings. The van der Waals surface area contributed by atoms with Crippen LogP contribution in [0.1, 0.15) is 0 Å². The fourth-order valence-corrected chi connectivity index (χ4v) is 1.11. The Morgan fingerprint density at radius 1 is 1.38 bits per heavy atom. The van der Waals surface area contributed by atoms with E-state index in [1.54, 1.807) is 12.3 Å². The molecule has 6 nitrogen and oxygen atoms in total. The summed E-state index contributed by atoms with van der Waals surface area (Å²) >= 11 is 4.80. The normalized spacial score (nSPS) is 10.2. The molecule has 13 heavy (non-hydrogen) atoms. The number of H-pyrrole nitrogens is 2. The van der Waals surface area contributed by atoms with E-state index in [0.717, 1.165) is 5.69 Å². The first kappa shape index (κ1) is 7.87. The first-order valence-corrected chi connectivity index (χ1v) is 3.90. The highest BCUT2D eigenvalue weighted by Gasteiger charge is 2.01. The van der Waals surface area contributed by atoms with Gasteiger partial charge in [0.2, 0.25) is 10.7 Å². The van der Waals surface area contributed by atoms with Crippen molar-refractivity contribution in [3.05, 3.63) is 17.0 Å². The van der Waals surface area contributed by atoms with Crippen molar-refractivity contribution in [3.63, 3.8) is 0 Å².